The summed E-state index contributed by atoms with van der Waals surface area (Å²) >= 11 is 4.31. The van der Waals surface area contributed by atoms with E-state index in [4.69, 9.17) is 0 Å². The van der Waals surface area contributed by atoms with E-state index < -0.39 is 0 Å². The number of nitrogens with one attached hydrogen (secondary N) is 1. The largest absolute Gasteiger partial charge is 0.351 e. The molecule has 0 spiro atoms. The van der Waals surface area contributed by atoms with Crippen molar-refractivity contribution < 1.29 is 4.79 Å². The minimum atomic E-state index is -0.209. The molecule has 0 saturated carbocycles. The molecular weight excluding hydrogens is 220 g/mol. The lowest BCUT2D eigenvalue weighted by atomic mass is 10.1. The van der Waals surface area contributed by atoms with Gasteiger partial charge < -0.3 is 10.2 Å². The van der Waals surface area contributed by atoms with Crippen molar-refractivity contribution in [3.05, 3.63) is 0 Å². The number of thiol groups is 1. The van der Waals surface area contributed by atoms with Crippen molar-refractivity contribution in [3.63, 3.8) is 0 Å². The standard InChI is InChI=1S/C12H26N2OS/c1-6-14(7-2)8-10(5)13-12(15)11(16)9(3)4/h9-11,16H,6-8H2,1-5H3,(H,13,15). The first-order chi connectivity index (χ1) is 7.42. The van der Waals surface area contributed by atoms with Crippen LogP contribution < -0.4 is 5.32 Å². The van der Waals surface area contributed by atoms with Crippen LogP contribution in [0.3, 0.4) is 0 Å². The number of hydrogen-bond donors (Lipinski definition) is 2. The van der Waals surface area contributed by atoms with Crippen molar-refractivity contribution in [3.8, 4) is 0 Å². The SMILES string of the molecule is CCN(CC)CC(C)NC(=O)C(S)C(C)C. The monoisotopic (exact) mass is 246 g/mol. The van der Waals surface area contributed by atoms with Crippen LogP contribution in [0.2, 0.25) is 0 Å². The molecule has 0 radical (unpaired) electrons. The van der Waals surface area contributed by atoms with Gasteiger partial charge in [0.2, 0.25) is 5.91 Å². The Bertz CT molecular complexity index is 205. The molecule has 0 aromatic carbocycles. The highest BCUT2D eigenvalue weighted by Gasteiger charge is 2.19. The molecule has 2 atom stereocenters. The zero-order valence-corrected chi connectivity index (χ0v) is 12.1. The number of nitrogens with zero attached hydrogens (tertiary/aromatic N) is 1. The third-order valence-electron chi connectivity index (χ3n) is 2.72. The van der Waals surface area contributed by atoms with Gasteiger partial charge in [-0.25, -0.2) is 0 Å². The summed E-state index contributed by atoms with van der Waals surface area (Å²) in [6.07, 6.45) is 0. The number of likely N-dealkylation sites (N-methyl/N-ethyl adjacent to an activating group) is 1. The van der Waals surface area contributed by atoms with Crippen LogP contribution in [-0.4, -0.2) is 41.7 Å². The number of rotatable bonds is 7. The van der Waals surface area contributed by atoms with Crippen molar-refractivity contribution in [2.45, 2.75) is 45.9 Å². The van der Waals surface area contributed by atoms with E-state index in [1.165, 1.54) is 0 Å². The van der Waals surface area contributed by atoms with Gasteiger partial charge in [0, 0.05) is 12.6 Å². The van der Waals surface area contributed by atoms with Crippen LogP contribution in [0, 0.1) is 5.92 Å². The van der Waals surface area contributed by atoms with Crippen LogP contribution in [0.4, 0.5) is 0 Å². The van der Waals surface area contributed by atoms with Gasteiger partial charge in [-0.2, -0.15) is 12.6 Å². The van der Waals surface area contributed by atoms with Gasteiger partial charge in [0.25, 0.3) is 0 Å². The molecule has 0 bridgehead atoms. The molecule has 0 fully saturated rings. The zero-order valence-electron chi connectivity index (χ0n) is 11.2. The smallest absolute Gasteiger partial charge is 0.233 e. The molecular formula is C12H26N2OS. The van der Waals surface area contributed by atoms with Crippen LogP contribution in [0.5, 0.6) is 0 Å². The minimum Gasteiger partial charge on any atom is -0.351 e. The first-order valence-corrected chi connectivity index (χ1v) is 6.64. The molecule has 0 aliphatic heterocycles. The first kappa shape index (κ1) is 15.8. The molecule has 0 heterocycles. The summed E-state index contributed by atoms with van der Waals surface area (Å²) in [6, 6.07) is 0.181. The highest BCUT2D eigenvalue weighted by Crippen LogP contribution is 2.08. The molecule has 0 aromatic rings. The Morgan fingerprint density at radius 2 is 1.75 bits per heavy atom. The molecule has 1 N–H and O–H groups in total. The van der Waals surface area contributed by atoms with Crippen LogP contribution in [0.25, 0.3) is 0 Å². The van der Waals surface area contributed by atoms with Gasteiger partial charge in [-0.1, -0.05) is 27.7 Å². The molecule has 96 valence electrons. The second kappa shape index (κ2) is 7.96. The summed E-state index contributed by atoms with van der Waals surface area (Å²) in [5.41, 5.74) is 0. The third kappa shape index (κ3) is 5.75. The van der Waals surface area contributed by atoms with Gasteiger partial charge in [-0.05, 0) is 25.9 Å². The van der Waals surface area contributed by atoms with Crippen LogP contribution >= 0.6 is 12.6 Å². The maximum absolute atomic E-state index is 11.7. The van der Waals surface area contributed by atoms with Gasteiger partial charge in [-0.15, -0.1) is 0 Å². The van der Waals surface area contributed by atoms with Gasteiger partial charge in [-0.3, -0.25) is 4.79 Å². The van der Waals surface area contributed by atoms with E-state index in [0.717, 1.165) is 19.6 Å². The van der Waals surface area contributed by atoms with Gasteiger partial charge in [0.15, 0.2) is 0 Å². The third-order valence-corrected chi connectivity index (χ3v) is 3.55. The zero-order chi connectivity index (χ0) is 12.7. The fourth-order valence-corrected chi connectivity index (χ4v) is 1.62. The predicted octanol–water partition coefficient (Wildman–Crippen LogP) is 1.79. The second-order valence-electron chi connectivity index (χ2n) is 4.58. The van der Waals surface area contributed by atoms with E-state index in [9.17, 15) is 4.79 Å². The lowest BCUT2D eigenvalue weighted by Crippen LogP contribution is -2.45. The summed E-state index contributed by atoms with van der Waals surface area (Å²) in [4.78, 5) is 14.0. The predicted molar refractivity (Wildman–Crippen MR) is 73.0 cm³/mol. The normalized spacial score (nSPS) is 15.2. The minimum absolute atomic E-state index is 0.0398. The summed E-state index contributed by atoms with van der Waals surface area (Å²) < 4.78 is 0. The Morgan fingerprint density at radius 1 is 1.25 bits per heavy atom. The average Bonchev–Trinajstić information content (AvgIpc) is 2.24. The Kier molecular flexibility index (Phi) is 7.85. The van der Waals surface area contributed by atoms with Gasteiger partial charge in [0.05, 0.1) is 5.25 Å². The quantitative estimate of drug-likeness (QED) is 0.671. The highest BCUT2D eigenvalue weighted by molar-refractivity contribution is 7.81. The molecule has 0 aliphatic rings. The van der Waals surface area contributed by atoms with E-state index in [0.29, 0.717) is 0 Å². The topological polar surface area (TPSA) is 32.3 Å². The Balaban J connectivity index is 4.04. The first-order valence-electron chi connectivity index (χ1n) is 6.13. The number of amides is 1. The Morgan fingerprint density at radius 3 is 2.12 bits per heavy atom. The molecule has 0 saturated heterocycles. The van der Waals surface area contributed by atoms with E-state index in [1.54, 1.807) is 0 Å². The molecule has 1 amide bonds. The van der Waals surface area contributed by atoms with Crippen LogP contribution in [0.15, 0.2) is 0 Å². The summed E-state index contributed by atoms with van der Waals surface area (Å²) in [5, 5.41) is 2.79. The van der Waals surface area contributed by atoms with Crippen molar-refractivity contribution in [2.75, 3.05) is 19.6 Å². The summed E-state index contributed by atoms with van der Waals surface area (Å²) in [7, 11) is 0. The molecule has 16 heavy (non-hydrogen) atoms. The van der Waals surface area contributed by atoms with Crippen LogP contribution in [0.1, 0.15) is 34.6 Å². The fraction of sp³-hybridized carbons (Fsp3) is 0.917. The number of hydrogen-bond acceptors (Lipinski definition) is 3. The maximum atomic E-state index is 11.7. The summed E-state index contributed by atoms with van der Waals surface area (Å²) in [5.74, 6) is 0.307. The van der Waals surface area contributed by atoms with E-state index in [2.05, 4.69) is 36.7 Å². The second-order valence-corrected chi connectivity index (χ2v) is 5.14. The molecule has 3 nitrogen and oxygen atoms in total. The van der Waals surface area contributed by atoms with Crippen molar-refractivity contribution in [1.82, 2.24) is 10.2 Å². The lowest BCUT2D eigenvalue weighted by molar-refractivity contribution is -0.121. The van der Waals surface area contributed by atoms with Gasteiger partial charge >= 0.3 is 0 Å². The molecule has 2 unspecified atom stereocenters. The van der Waals surface area contributed by atoms with Crippen molar-refractivity contribution >= 4 is 18.5 Å². The fourth-order valence-electron chi connectivity index (χ4n) is 1.55. The Hall–Kier alpha value is -0.220. The molecule has 0 rings (SSSR count). The van der Waals surface area contributed by atoms with Gasteiger partial charge in [0.1, 0.15) is 0 Å². The number of carbonyl (C=O) groups excluding carboxylic acids is 1. The Labute approximate surface area is 105 Å². The average molecular weight is 246 g/mol. The number of carbonyl (C=O) groups is 1. The van der Waals surface area contributed by atoms with Crippen molar-refractivity contribution in [1.29, 1.82) is 0 Å². The molecule has 4 heteroatoms. The van der Waals surface area contributed by atoms with E-state index >= 15 is 0 Å². The molecule has 0 aromatic heterocycles. The van der Waals surface area contributed by atoms with Crippen molar-refractivity contribution in [2.24, 2.45) is 5.92 Å². The van der Waals surface area contributed by atoms with E-state index in [1.807, 2.05) is 20.8 Å². The summed E-state index contributed by atoms with van der Waals surface area (Å²) in [6.45, 7) is 13.3. The highest BCUT2D eigenvalue weighted by atomic mass is 32.1. The maximum Gasteiger partial charge on any atom is 0.233 e. The van der Waals surface area contributed by atoms with E-state index in [-0.39, 0.29) is 23.1 Å². The molecule has 0 aliphatic carbocycles. The van der Waals surface area contributed by atoms with Crippen LogP contribution in [-0.2, 0) is 4.79 Å². The lowest BCUT2D eigenvalue weighted by Gasteiger charge is -2.25.